The fraction of sp³-hybridized carbons (Fsp3) is 0. The van der Waals surface area contributed by atoms with Gasteiger partial charge in [-0.05, 0) is 0 Å². The minimum Gasteiger partial charge on any atom is -0.870 e. The molecule has 0 aromatic carbocycles. The first-order valence-electron chi connectivity index (χ1n) is 0. The third-order valence-corrected chi connectivity index (χ3v) is 0. The predicted molar refractivity (Wildman–Crippen MR) is 9.63 cm³/mol. The third-order valence-electron chi connectivity index (χ3n) is 0. The maximum atomic E-state index is 0. The van der Waals surface area contributed by atoms with E-state index in [1.54, 1.807) is 0 Å². The molecule has 0 aliphatic rings. The monoisotopic (exact) mass is 236 g/mol. The van der Waals surface area contributed by atoms with Crippen LogP contribution in [0.3, 0.4) is 0 Å². The van der Waals surface area contributed by atoms with Crippen LogP contribution in [0.15, 0.2) is 0 Å². The van der Waals surface area contributed by atoms with Gasteiger partial charge in [0.25, 0.3) is 0 Å². The number of hydrogen-bond donors (Lipinski definition) is 0. The zero-order chi connectivity index (χ0) is 0. The Balaban J connectivity index is 0. The average Bonchev–Trinajstić information content (AvgIpc) is 0. The molecular weight excluding hydrogens is 235 g/mol. The van der Waals surface area contributed by atoms with E-state index >= 15 is 0 Å². The van der Waals surface area contributed by atoms with Gasteiger partial charge < -0.3 is 11.0 Å². The van der Waals surface area contributed by atoms with Gasteiger partial charge in [-0.25, -0.2) is 0 Å². The Bertz CT molecular complexity index is 6.00. The van der Waals surface area contributed by atoms with E-state index in [-0.39, 0.29) is 79.3 Å². The molecule has 0 amide bonds. The van der Waals surface area contributed by atoms with Crippen molar-refractivity contribution < 1.29 is 30.4 Å². The van der Waals surface area contributed by atoms with Crippen LogP contribution >= 0.6 is 0 Å². The first-order chi connectivity index (χ1) is 0. The summed E-state index contributed by atoms with van der Waals surface area (Å²) in [4.78, 5) is 0. The second-order valence-corrected chi connectivity index (χ2v) is 0. The van der Waals surface area contributed by atoms with Crippen molar-refractivity contribution in [3.63, 3.8) is 0 Å². The Kier molecular flexibility index (Phi) is 173. The Labute approximate surface area is 77.8 Å². The molecule has 0 atom stereocenters. The van der Waals surface area contributed by atoms with Crippen molar-refractivity contribution in [2.45, 2.75) is 0 Å². The normalized spacial score (nSPS) is 0. The molecule has 0 aromatic heterocycles. The smallest absolute Gasteiger partial charge is 0.870 e. The Morgan fingerprint density at radius 3 is 0.750 bits per heavy atom. The van der Waals surface area contributed by atoms with E-state index in [4.69, 9.17) is 0 Å². The zero-order valence-electron chi connectivity index (χ0n) is 2.31. The minimum atomic E-state index is 0. The van der Waals surface area contributed by atoms with Crippen LogP contribution in [0.25, 0.3) is 0 Å². The second-order valence-electron chi connectivity index (χ2n) is 0. The Morgan fingerprint density at radius 1 is 0.750 bits per heavy atom. The van der Waals surface area contributed by atoms with Gasteiger partial charge in [-0.1, -0.05) is 0 Å². The maximum absolute atomic E-state index is 0. The predicted octanol–water partition coefficient (Wildman–Crippen LogP) is -0.737. The van der Waals surface area contributed by atoms with Gasteiger partial charge in [0.1, 0.15) is 0 Å². The molecule has 0 radical (unpaired) electrons. The molecule has 0 aliphatic heterocycles. The van der Waals surface area contributed by atoms with Crippen molar-refractivity contribution in [2.75, 3.05) is 0 Å². The molecule has 0 aromatic rings. The van der Waals surface area contributed by atoms with Crippen LogP contribution in [0.1, 0.15) is 0 Å². The van der Waals surface area contributed by atoms with Crippen LogP contribution in [0.4, 0.5) is 0 Å². The fourth-order valence-corrected chi connectivity index (χ4v) is 0. The summed E-state index contributed by atoms with van der Waals surface area (Å²) in [6.45, 7) is 0. The molecule has 4 heavy (non-hydrogen) atoms. The van der Waals surface area contributed by atoms with Gasteiger partial charge in [0.05, 0.1) is 0 Å². The summed E-state index contributed by atoms with van der Waals surface area (Å²) in [5.74, 6) is 0. The first kappa shape index (κ1) is 35.8. The van der Waals surface area contributed by atoms with Crippen molar-refractivity contribution in [1.29, 1.82) is 0 Å². The molecule has 0 aliphatic carbocycles. The molecule has 0 bridgehead atoms. The standard InChI is InChI=1S/Ba.2H2O.Zn/h;2*1H2;/q+2;;;+2/p-2. The fourth-order valence-electron chi connectivity index (χ4n) is 0. The van der Waals surface area contributed by atoms with Crippen LogP contribution in [-0.4, -0.2) is 59.8 Å². The molecule has 16 valence electrons. The Hall–Kier alpha value is 2.11. The maximum Gasteiger partial charge on any atom is 2.00 e. The average molecular weight is 237 g/mol. The van der Waals surface area contributed by atoms with Crippen molar-refractivity contribution in [2.24, 2.45) is 0 Å². The van der Waals surface area contributed by atoms with E-state index in [0.29, 0.717) is 0 Å². The van der Waals surface area contributed by atoms with E-state index in [9.17, 15) is 0 Å². The molecule has 0 heterocycles. The second kappa shape index (κ2) is 19.4. The molecule has 0 saturated heterocycles. The SMILES string of the molecule is [Ba+2].[OH-].[OH-].[Zn+2]. The van der Waals surface area contributed by atoms with Crippen LogP contribution in [0.5, 0.6) is 0 Å². The zero-order valence-corrected chi connectivity index (χ0v) is 9.72. The van der Waals surface area contributed by atoms with Gasteiger partial charge >= 0.3 is 68.4 Å². The molecular formula is H2BaO2Zn+2. The van der Waals surface area contributed by atoms with Crippen molar-refractivity contribution in [3.05, 3.63) is 0 Å². The first-order valence-corrected chi connectivity index (χ1v) is 0. The summed E-state index contributed by atoms with van der Waals surface area (Å²) in [5.41, 5.74) is 0. The van der Waals surface area contributed by atoms with Crippen LogP contribution in [0, 0.1) is 0 Å². The molecule has 0 spiro atoms. The minimum absolute atomic E-state index is 0. The molecule has 2 N–H and O–H groups in total. The number of hydrogen-bond acceptors (Lipinski definition) is 2. The topological polar surface area (TPSA) is 60.0 Å². The van der Waals surface area contributed by atoms with Gasteiger partial charge in [-0.15, -0.1) is 0 Å². The van der Waals surface area contributed by atoms with Crippen molar-refractivity contribution >= 4 is 48.9 Å². The van der Waals surface area contributed by atoms with Gasteiger partial charge in [0, 0.05) is 0 Å². The van der Waals surface area contributed by atoms with Crippen molar-refractivity contribution in [1.82, 2.24) is 0 Å². The summed E-state index contributed by atoms with van der Waals surface area (Å²) < 4.78 is 0. The molecule has 0 unspecified atom stereocenters. The Morgan fingerprint density at radius 2 is 0.750 bits per heavy atom. The molecule has 4 heteroatoms. The number of rotatable bonds is 0. The van der Waals surface area contributed by atoms with E-state index in [1.807, 2.05) is 0 Å². The van der Waals surface area contributed by atoms with Crippen LogP contribution < -0.4 is 0 Å². The molecule has 0 rings (SSSR count). The summed E-state index contributed by atoms with van der Waals surface area (Å²) >= 11 is 0. The molecule has 2 nitrogen and oxygen atoms in total. The van der Waals surface area contributed by atoms with Gasteiger partial charge in [-0.3, -0.25) is 0 Å². The van der Waals surface area contributed by atoms with E-state index in [0.717, 1.165) is 0 Å². The quantitative estimate of drug-likeness (QED) is 0.521. The summed E-state index contributed by atoms with van der Waals surface area (Å²) in [5, 5.41) is 0. The van der Waals surface area contributed by atoms with Crippen LogP contribution in [0.2, 0.25) is 0 Å². The van der Waals surface area contributed by atoms with E-state index in [2.05, 4.69) is 0 Å². The van der Waals surface area contributed by atoms with Gasteiger partial charge in [0.15, 0.2) is 0 Å². The van der Waals surface area contributed by atoms with Crippen LogP contribution in [-0.2, 0) is 19.5 Å². The van der Waals surface area contributed by atoms with Crippen molar-refractivity contribution in [3.8, 4) is 0 Å². The van der Waals surface area contributed by atoms with E-state index < -0.39 is 0 Å². The summed E-state index contributed by atoms with van der Waals surface area (Å²) in [6, 6.07) is 0. The summed E-state index contributed by atoms with van der Waals surface area (Å²) in [7, 11) is 0. The van der Waals surface area contributed by atoms with Gasteiger partial charge in [0.2, 0.25) is 0 Å². The third kappa shape index (κ3) is 8.93. The van der Waals surface area contributed by atoms with Gasteiger partial charge in [-0.2, -0.15) is 0 Å². The summed E-state index contributed by atoms with van der Waals surface area (Å²) in [6.07, 6.45) is 0. The largest absolute Gasteiger partial charge is 2.00 e. The molecule has 0 saturated carbocycles. The van der Waals surface area contributed by atoms with E-state index in [1.165, 1.54) is 0 Å². The molecule has 0 fully saturated rings.